The molecule has 3 aromatic carbocycles. The van der Waals surface area contributed by atoms with E-state index < -0.39 is 10.0 Å². The van der Waals surface area contributed by atoms with E-state index in [0.717, 1.165) is 5.56 Å². The minimum absolute atomic E-state index is 0.157. The molecule has 29 heavy (non-hydrogen) atoms. The first kappa shape index (κ1) is 20.4. The molecular weight excluding hydrogens is 388 g/mol. The van der Waals surface area contributed by atoms with Gasteiger partial charge >= 0.3 is 0 Å². The standard InChI is InChI=1S/C22H22N2O4S/c1-15-9-11-18(12-10-15)29(26,27)24-20-13-16(2)19(14-21(20)28-3)23-22(25)17-7-5-4-6-8-17/h4-14,24H,1-3H3,(H,23,25). The van der Waals surface area contributed by atoms with Crippen molar-refractivity contribution in [2.24, 2.45) is 0 Å². The van der Waals surface area contributed by atoms with Gasteiger partial charge in [0.2, 0.25) is 0 Å². The van der Waals surface area contributed by atoms with Gasteiger partial charge in [-0.3, -0.25) is 9.52 Å². The number of hydrogen-bond acceptors (Lipinski definition) is 4. The molecule has 0 aliphatic rings. The summed E-state index contributed by atoms with van der Waals surface area (Å²) in [4.78, 5) is 12.6. The number of aryl methyl sites for hydroxylation is 2. The molecular formula is C22H22N2O4S. The second kappa shape index (κ2) is 8.36. The second-order valence-electron chi connectivity index (χ2n) is 6.61. The Bertz CT molecular complexity index is 1130. The van der Waals surface area contributed by atoms with Gasteiger partial charge < -0.3 is 10.1 Å². The fourth-order valence-electron chi connectivity index (χ4n) is 2.78. The van der Waals surface area contributed by atoms with Gasteiger partial charge in [0.05, 0.1) is 17.7 Å². The lowest BCUT2D eigenvalue weighted by molar-refractivity contribution is 0.102. The Morgan fingerprint density at radius 3 is 2.17 bits per heavy atom. The van der Waals surface area contributed by atoms with E-state index in [1.54, 1.807) is 67.6 Å². The number of amides is 1. The van der Waals surface area contributed by atoms with E-state index in [9.17, 15) is 13.2 Å². The molecule has 0 bridgehead atoms. The Morgan fingerprint density at radius 1 is 0.897 bits per heavy atom. The first-order chi connectivity index (χ1) is 13.8. The van der Waals surface area contributed by atoms with Crippen LogP contribution in [0.15, 0.2) is 71.6 Å². The van der Waals surface area contributed by atoms with Crippen LogP contribution in [-0.2, 0) is 10.0 Å². The lowest BCUT2D eigenvalue weighted by Gasteiger charge is -2.16. The van der Waals surface area contributed by atoms with Crippen molar-refractivity contribution in [3.05, 3.63) is 83.4 Å². The summed E-state index contributed by atoms with van der Waals surface area (Å²) < 4.78 is 33.3. The maximum Gasteiger partial charge on any atom is 0.262 e. The first-order valence-corrected chi connectivity index (χ1v) is 10.4. The van der Waals surface area contributed by atoms with Crippen LogP contribution in [0.4, 0.5) is 11.4 Å². The number of anilines is 2. The van der Waals surface area contributed by atoms with Gasteiger partial charge in [0.1, 0.15) is 5.75 Å². The zero-order valence-electron chi connectivity index (χ0n) is 16.4. The minimum atomic E-state index is -3.78. The van der Waals surface area contributed by atoms with Crippen LogP contribution in [-0.4, -0.2) is 21.4 Å². The molecule has 3 aromatic rings. The Morgan fingerprint density at radius 2 is 1.55 bits per heavy atom. The Hall–Kier alpha value is -3.32. The van der Waals surface area contributed by atoms with E-state index >= 15 is 0 Å². The van der Waals surface area contributed by atoms with Crippen molar-refractivity contribution in [2.75, 3.05) is 17.1 Å². The quantitative estimate of drug-likeness (QED) is 0.632. The fourth-order valence-corrected chi connectivity index (χ4v) is 3.84. The summed E-state index contributed by atoms with van der Waals surface area (Å²) in [7, 11) is -2.33. The molecule has 0 saturated carbocycles. The van der Waals surface area contributed by atoms with E-state index in [1.165, 1.54) is 7.11 Å². The molecule has 3 rings (SSSR count). The summed E-state index contributed by atoms with van der Waals surface area (Å²) in [6, 6.07) is 18.6. The van der Waals surface area contributed by atoms with Crippen molar-refractivity contribution in [3.8, 4) is 5.75 Å². The molecule has 0 aromatic heterocycles. The van der Waals surface area contributed by atoms with Gasteiger partial charge in [0, 0.05) is 17.3 Å². The highest BCUT2D eigenvalue weighted by Crippen LogP contribution is 2.33. The topological polar surface area (TPSA) is 84.5 Å². The molecule has 0 saturated heterocycles. The molecule has 0 fully saturated rings. The fraction of sp³-hybridized carbons (Fsp3) is 0.136. The average molecular weight is 410 g/mol. The zero-order chi connectivity index (χ0) is 21.0. The van der Waals surface area contributed by atoms with Gasteiger partial charge in [-0.15, -0.1) is 0 Å². The van der Waals surface area contributed by atoms with Crippen LogP contribution in [0.5, 0.6) is 5.75 Å². The van der Waals surface area contributed by atoms with Crippen molar-refractivity contribution >= 4 is 27.3 Å². The van der Waals surface area contributed by atoms with Crippen LogP contribution < -0.4 is 14.8 Å². The molecule has 7 heteroatoms. The number of hydrogen-bond donors (Lipinski definition) is 2. The molecule has 0 aliphatic carbocycles. The van der Waals surface area contributed by atoms with Gasteiger partial charge in [-0.25, -0.2) is 8.42 Å². The second-order valence-corrected chi connectivity index (χ2v) is 8.29. The SMILES string of the molecule is COc1cc(NC(=O)c2ccccc2)c(C)cc1NS(=O)(=O)c1ccc(C)cc1. The van der Waals surface area contributed by atoms with Crippen molar-refractivity contribution in [1.82, 2.24) is 0 Å². The lowest BCUT2D eigenvalue weighted by atomic mass is 10.1. The summed E-state index contributed by atoms with van der Waals surface area (Å²) in [6.45, 7) is 3.67. The Balaban J connectivity index is 1.88. The zero-order valence-corrected chi connectivity index (χ0v) is 17.2. The van der Waals surface area contributed by atoms with Crippen molar-refractivity contribution in [1.29, 1.82) is 0 Å². The van der Waals surface area contributed by atoms with Gasteiger partial charge in [0.15, 0.2) is 0 Å². The Labute approximate surface area is 170 Å². The molecule has 2 N–H and O–H groups in total. The number of rotatable bonds is 6. The number of ether oxygens (including phenoxy) is 1. The van der Waals surface area contributed by atoms with E-state index in [2.05, 4.69) is 10.0 Å². The number of carbonyl (C=O) groups excluding carboxylic acids is 1. The van der Waals surface area contributed by atoms with E-state index in [1.807, 2.05) is 13.0 Å². The maximum atomic E-state index is 12.7. The van der Waals surface area contributed by atoms with Crippen LogP contribution in [0, 0.1) is 13.8 Å². The normalized spacial score (nSPS) is 11.0. The summed E-state index contributed by atoms with van der Waals surface area (Å²) in [5.74, 6) is 0.0402. The average Bonchev–Trinajstić information content (AvgIpc) is 2.70. The Kier molecular flexibility index (Phi) is 5.89. The number of carbonyl (C=O) groups is 1. The van der Waals surface area contributed by atoms with E-state index in [-0.39, 0.29) is 10.8 Å². The van der Waals surface area contributed by atoms with Gasteiger partial charge in [-0.2, -0.15) is 0 Å². The molecule has 6 nitrogen and oxygen atoms in total. The predicted molar refractivity (Wildman–Crippen MR) is 114 cm³/mol. The molecule has 0 heterocycles. The third-order valence-corrected chi connectivity index (χ3v) is 5.79. The molecule has 0 aliphatic heterocycles. The van der Waals surface area contributed by atoms with E-state index in [0.29, 0.717) is 28.3 Å². The van der Waals surface area contributed by atoms with Gasteiger partial charge in [-0.05, 0) is 49.7 Å². The highest BCUT2D eigenvalue weighted by molar-refractivity contribution is 7.92. The summed E-state index contributed by atoms with van der Waals surface area (Å²) in [5, 5.41) is 2.83. The van der Waals surface area contributed by atoms with Crippen molar-refractivity contribution < 1.29 is 17.9 Å². The molecule has 0 atom stereocenters. The van der Waals surface area contributed by atoms with Crippen molar-refractivity contribution in [3.63, 3.8) is 0 Å². The largest absolute Gasteiger partial charge is 0.494 e. The van der Waals surface area contributed by atoms with Crippen molar-refractivity contribution in [2.45, 2.75) is 18.7 Å². The van der Waals surface area contributed by atoms with Crippen LogP contribution >= 0.6 is 0 Å². The monoisotopic (exact) mass is 410 g/mol. The highest BCUT2D eigenvalue weighted by Gasteiger charge is 2.18. The van der Waals surface area contributed by atoms with E-state index in [4.69, 9.17) is 4.74 Å². The smallest absolute Gasteiger partial charge is 0.262 e. The van der Waals surface area contributed by atoms with Crippen LogP contribution in [0.25, 0.3) is 0 Å². The predicted octanol–water partition coefficient (Wildman–Crippen LogP) is 4.37. The van der Waals surface area contributed by atoms with Crippen LogP contribution in [0.2, 0.25) is 0 Å². The summed E-state index contributed by atoms with van der Waals surface area (Å²) in [6.07, 6.45) is 0. The maximum absolute atomic E-state index is 12.7. The minimum Gasteiger partial charge on any atom is -0.494 e. The number of benzene rings is 3. The summed E-state index contributed by atoms with van der Waals surface area (Å²) >= 11 is 0. The van der Waals surface area contributed by atoms with Crippen LogP contribution in [0.3, 0.4) is 0 Å². The lowest BCUT2D eigenvalue weighted by Crippen LogP contribution is -2.15. The van der Waals surface area contributed by atoms with Gasteiger partial charge in [-0.1, -0.05) is 35.9 Å². The third kappa shape index (κ3) is 4.75. The van der Waals surface area contributed by atoms with Crippen LogP contribution in [0.1, 0.15) is 21.5 Å². The third-order valence-electron chi connectivity index (χ3n) is 4.41. The number of methoxy groups -OCH3 is 1. The molecule has 0 radical (unpaired) electrons. The molecule has 0 unspecified atom stereocenters. The summed E-state index contributed by atoms with van der Waals surface area (Å²) in [5.41, 5.74) is 3.01. The molecule has 150 valence electrons. The number of nitrogens with one attached hydrogen (secondary N) is 2. The first-order valence-electron chi connectivity index (χ1n) is 8.94. The highest BCUT2D eigenvalue weighted by atomic mass is 32.2. The molecule has 0 spiro atoms. The molecule has 1 amide bonds. The van der Waals surface area contributed by atoms with Gasteiger partial charge in [0.25, 0.3) is 15.9 Å². The number of sulfonamides is 1.